The number of nitrogens with two attached hydrogens (primary N) is 3. The molecule has 2 aromatic heterocycles. The van der Waals surface area contributed by atoms with E-state index in [1.165, 1.54) is 4.57 Å². The molecule has 0 radical (unpaired) electrons. The zero-order chi connectivity index (χ0) is 25.1. The van der Waals surface area contributed by atoms with E-state index in [9.17, 15) is 9.18 Å². The molecule has 0 bridgehead atoms. The minimum Gasteiger partial charge on any atom is -0.339 e. The van der Waals surface area contributed by atoms with Crippen molar-refractivity contribution in [1.29, 1.82) is 0 Å². The van der Waals surface area contributed by atoms with Gasteiger partial charge in [0.25, 0.3) is 0 Å². The zero-order valence-electron chi connectivity index (χ0n) is 19.6. The third kappa shape index (κ3) is 5.62. The fourth-order valence-corrected chi connectivity index (χ4v) is 4.41. The van der Waals surface area contributed by atoms with Crippen molar-refractivity contribution in [3.05, 3.63) is 81.1 Å². The minimum atomic E-state index is -0.520. The molecule has 0 amide bonds. The van der Waals surface area contributed by atoms with Crippen LogP contribution in [0.4, 0.5) is 4.39 Å². The first-order chi connectivity index (χ1) is 16.8. The molecule has 0 aliphatic rings. The zero-order valence-corrected chi connectivity index (χ0v) is 20.4. The van der Waals surface area contributed by atoms with Gasteiger partial charge in [-0.15, -0.1) is 0 Å². The second-order valence-electron chi connectivity index (χ2n) is 8.96. The summed E-state index contributed by atoms with van der Waals surface area (Å²) in [5.74, 6) is -0.520. The lowest BCUT2D eigenvalue weighted by Crippen LogP contribution is -2.20. The van der Waals surface area contributed by atoms with Crippen LogP contribution < -0.4 is 22.9 Å². The van der Waals surface area contributed by atoms with Gasteiger partial charge in [-0.2, -0.15) is 4.98 Å². The molecule has 0 unspecified atom stereocenters. The number of hydrogen-bond acceptors (Lipinski definition) is 5. The van der Waals surface area contributed by atoms with Gasteiger partial charge in [0.15, 0.2) is 5.82 Å². The van der Waals surface area contributed by atoms with Gasteiger partial charge in [0.2, 0.25) is 0 Å². The predicted molar refractivity (Wildman–Crippen MR) is 139 cm³/mol. The van der Waals surface area contributed by atoms with Gasteiger partial charge in [0.1, 0.15) is 5.65 Å². The van der Waals surface area contributed by atoms with Crippen molar-refractivity contribution >= 4 is 22.6 Å². The number of rotatable bonds is 9. The van der Waals surface area contributed by atoms with Gasteiger partial charge in [-0.25, -0.2) is 9.18 Å². The van der Waals surface area contributed by atoms with Gasteiger partial charge in [-0.05, 0) is 80.6 Å². The Labute approximate surface area is 208 Å². The maximum Gasteiger partial charge on any atom is 0.354 e. The summed E-state index contributed by atoms with van der Waals surface area (Å²) in [4.78, 5) is 20.0. The molecule has 7 nitrogen and oxygen atoms in total. The number of nitrogens with one attached hydrogen (secondary N) is 1. The summed E-state index contributed by atoms with van der Waals surface area (Å²) in [5.41, 5.74) is 20.8. The summed E-state index contributed by atoms with van der Waals surface area (Å²) in [7, 11) is 0. The second kappa shape index (κ2) is 10.7. The largest absolute Gasteiger partial charge is 0.354 e. The topological polar surface area (TPSA) is 129 Å². The van der Waals surface area contributed by atoms with Crippen molar-refractivity contribution in [3.63, 3.8) is 0 Å². The Morgan fingerprint density at radius 1 is 1.14 bits per heavy atom. The quantitative estimate of drug-likeness (QED) is 0.276. The number of hydrogen-bond donors (Lipinski definition) is 4. The molecular weight excluding hydrogens is 467 g/mol. The molecule has 0 saturated carbocycles. The Morgan fingerprint density at radius 2 is 1.89 bits per heavy atom. The fraction of sp³-hybridized carbons (Fsp3) is 0.308. The summed E-state index contributed by atoms with van der Waals surface area (Å²) >= 11 is 6.20. The van der Waals surface area contributed by atoms with E-state index >= 15 is 0 Å². The lowest BCUT2D eigenvalue weighted by Gasteiger charge is -2.12. The number of aromatic nitrogens is 3. The van der Waals surface area contributed by atoms with E-state index in [-0.39, 0.29) is 17.1 Å². The van der Waals surface area contributed by atoms with Gasteiger partial charge in [0, 0.05) is 29.2 Å². The van der Waals surface area contributed by atoms with Crippen LogP contribution in [0.25, 0.3) is 28.0 Å². The molecule has 0 fully saturated rings. The van der Waals surface area contributed by atoms with Crippen LogP contribution in [0.15, 0.2) is 53.5 Å². The van der Waals surface area contributed by atoms with E-state index in [2.05, 4.69) is 9.97 Å². The first-order valence-corrected chi connectivity index (χ1v) is 12.1. The van der Waals surface area contributed by atoms with E-state index in [4.69, 9.17) is 28.8 Å². The van der Waals surface area contributed by atoms with Gasteiger partial charge in [-0.1, -0.05) is 23.7 Å². The summed E-state index contributed by atoms with van der Waals surface area (Å²) < 4.78 is 16.4. The molecule has 9 heteroatoms. The molecule has 0 spiro atoms. The van der Waals surface area contributed by atoms with Gasteiger partial charge in [-0.3, -0.25) is 4.57 Å². The molecule has 0 aliphatic heterocycles. The molecule has 0 saturated heterocycles. The smallest absolute Gasteiger partial charge is 0.339 e. The first kappa shape index (κ1) is 25.1. The number of benzene rings is 2. The van der Waals surface area contributed by atoms with E-state index in [1.807, 2.05) is 31.2 Å². The molecular formula is C26H30ClFN6O. The third-order valence-electron chi connectivity index (χ3n) is 6.09. The lowest BCUT2D eigenvalue weighted by molar-refractivity contribution is 0.618. The summed E-state index contributed by atoms with van der Waals surface area (Å²) in [6, 6.07) is 12.5. The number of aryl methyl sites for hydroxylation is 1. The minimum absolute atomic E-state index is 0.0532. The van der Waals surface area contributed by atoms with Crippen LogP contribution >= 0.6 is 11.6 Å². The highest BCUT2D eigenvalue weighted by molar-refractivity contribution is 6.31. The van der Waals surface area contributed by atoms with E-state index < -0.39 is 11.5 Å². The Kier molecular flexibility index (Phi) is 7.66. The molecule has 184 valence electrons. The van der Waals surface area contributed by atoms with Gasteiger partial charge in [0.05, 0.1) is 16.4 Å². The van der Waals surface area contributed by atoms with Gasteiger partial charge < -0.3 is 22.2 Å². The predicted octanol–water partition coefficient (Wildman–Crippen LogP) is 4.19. The summed E-state index contributed by atoms with van der Waals surface area (Å²) in [5, 5.41) is 0.721. The number of H-pyrrole nitrogens is 1. The van der Waals surface area contributed by atoms with Crippen molar-refractivity contribution in [2.45, 2.75) is 44.7 Å². The molecule has 35 heavy (non-hydrogen) atoms. The highest BCUT2D eigenvalue weighted by Gasteiger charge is 2.16. The lowest BCUT2D eigenvalue weighted by atomic mass is 10.0. The molecule has 2 heterocycles. The molecule has 2 aromatic carbocycles. The average Bonchev–Trinajstić information content (AvgIpc) is 3.23. The number of halogens is 2. The maximum absolute atomic E-state index is 15.0. The first-order valence-electron chi connectivity index (χ1n) is 11.7. The number of aromatic amines is 1. The Balaban J connectivity index is 1.67. The molecule has 2 atom stereocenters. The normalized spacial score (nSPS) is 13.3. The average molecular weight is 497 g/mol. The fourth-order valence-electron chi connectivity index (χ4n) is 4.17. The van der Waals surface area contributed by atoms with Crippen molar-refractivity contribution < 1.29 is 4.39 Å². The molecule has 7 N–H and O–H groups in total. The summed E-state index contributed by atoms with van der Waals surface area (Å²) in [6.45, 7) is 2.46. The van der Waals surface area contributed by atoms with Crippen molar-refractivity contribution in [2.75, 3.05) is 6.54 Å². The van der Waals surface area contributed by atoms with Crippen molar-refractivity contribution in [3.8, 4) is 16.9 Å². The Hall–Kier alpha value is -3.04. The monoisotopic (exact) mass is 496 g/mol. The van der Waals surface area contributed by atoms with E-state index in [0.29, 0.717) is 40.9 Å². The standard InChI is InChI=1S/C26H30ClFN6O/c1-15(30)3-2-4-16-11-20(24(28)21(27)12-16)23-13-18-14-34(26(35)33-25(18)32-23)19-7-5-17(6-8-19)22(31)9-10-29/h5-8,11-15,22H,2-4,9-10,29-31H2,1H3,(H,32,33,35)/t15-,22+/m0/s1. The Morgan fingerprint density at radius 3 is 2.57 bits per heavy atom. The van der Waals surface area contributed by atoms with E-state index in [0.717, 1.165) is 30.4 Å². The van der Waals surface area contributed by atoms with E-state index in [1.54, 1.807) is 24.4 Å². The maximum atomic E-state index is 15.0. The highest BCUT2D eigenvalue weighted by atomic mass is 35.5. The molecule has 4 aromatic rings. The third-order valence-corrected chi connectivity index (χ3v) is 6.36. The van der Waals surface area contributed by atoms with Crippen LogP contribution in [-0.2, 0) is 6.42 Å². The van der Waals surface area contributed by atoms with Crippen LogP contribution in [0, 0.1) is 5.82 Å². The molecule has 0 aliphatic carbocycles. The van der Waals surface area contributed by atoms with Crippen LogP contribution in [-0.4, -0.2) is 27.1 Å². The van der Waals surface area contributed by atoms with Crippen LogP contribution in [0.5, 0.6) is 0 Å². The van der Waals surface area contributed by atoms with Gasteiger partial charge >= 0.3 is 5.69 Å². The van der Waals surface area contributed by atoms with Crippen molar-refractivity contribution in [2.24, 2.45) is 17.2 Å². The molecule has 4 rings (SSSR count). The SMILES string of the molecule is C[C@H](N)CCCc1cc(Cl)c(F)c(-c2cc3cn(-c4ccc([C@H](N)CCN)cc4)c(=O)nc3[nH]2)c1. The van der Waals surface area contributed by atoms with Crippen molar-refractivity contribution in [1.82, 2.24) is 14.5 Å². The number of fused-ring (bicyclic) bond motifs is 1. The number of nitrogens with zero attached hydrogens (tertiary/aromatic N) is 2. The highest BCUT2D eigenvalue weighted by Crippen LogP contribution is 2.31. The van der Waals surface area contributed by atoms with Crippen LogP contribution in [0.1, 0.15) is 43.4 Å². The summed E-state index contributed by atoms with van der Waals surface area (Å²) in [6.07, 6.45) is 4.84. The second-order valence-corrected chi connectivity index (χ2v) is 9.37. The van der Waals surface area contributed by atoms with Crippen LogP contribution in [0.2, 0.25) is 5.02 Å². The van der Waals surface area contributed by atoms with Crippen LogP contribution in [0.3, 0.4) is 0 Å². The Bertz CT molecular complexity index is 1380.